The molecule has 2 rings (SSSR count). The number of rotatable bonds is 1. The maximum Gasteiger partial charge on any atom is 0.0877 e. The van der Waals surface area contributed by atoms with Gasteiger partial charge in [0.1, 0.15) is 0 Å². The van der Waals surface area contributed by atoms with E-state index < -0.39 is 0 Å². The van der Waals surface area contributed by atoms with Gasteiger partial charge in [-0.15, -0.1) is 0 Å². The third-order valence-electron chi connectivity index (χ3n) is 2.03. The smallest absolute Gasteiger partial charge is 0.0877 e. The Balaban J connectivity index is 2.53. The molecule has 0 aliphatic heterocycles. The van der Waals surface area contributed by atoms with Crippen molar-refractivity contribution in [3.8, 4) is 0 Å². The third-order valence-corrected chi connectivity index (χ3v) is 2.03. The molecule has 1 aliphatic rings. The first-order valence-electron chi connectivity index (χ1n) is 3.60. The van der Waals surface area contributed by atoms with Gasteiger partial charge in [0.15, 0.2) is 0 Å². The number of aromatic amines is 1. The van der Waals surface area contributed by atoms with E-state index in [9.17, 15) is 0 Å². The Morgan fingerprint density at radius 1 is 1.50 bits per heavy atom. The van der Waals surface area contributed by atoms with Crippen molar-refractivity contribution in [3.63, 3.8) is 0 Å². The minimum atomic E-state index is 1.05. The molecule has 2 heteroatoms. The zero-order chi connectivity index (χ0) is 6.97. The summed E-state index contributed by atoms with van der Waals surface area (Å²) in [4.78, 5) is 0. The highest BCUT2D eigenvalue weighted by Gasteiger charge is 2.15. The van der Waals surface area contributed by atoms with Crippen LogP contribution >= 0.6 is 0 Å². The van der Waals surface area contributed by atoms with Crippen LogP contribution in [0.4, 0.5) is 0 Å². The van der Waals surface area contributed by atoms with E-state index in [2.05, 4.69) is 16.8 Å². The lowest BCUT2D eigenvalue weighted by Gasteiger charge is -1.86. The summed E-state index contributed by atoms with van der Waals surface area (Å²) in [7, 11) is 0. The Kier molecular flexibility index (Phi) is 1.13. The molecule has 0 saturated heterocycles. The molecule has 0 fully saturated rings. The van der Waals surface area contributed by atoms with Crippen LogP contribution in [0, 0.1) is 0 Å². The molecular formula is C8H10N2. The molecule has 0 aromatic carbocycles. The monoisotopic (exact) mass is 134 g/mol. The molecule has 52 valence electrons. The zero-order valence-electron chi connectivity index (χ0n) is 5.85. The lowest BCUT2D eigenvalue weighted by Crippen LogP contribution is -1.79. The van der Waals surface area contributed by atoms with Crippen molar-refractivity contribution in [2.75, 3.05) is 0 Å². The average Bonchev–Trinajstić information content (AvgIpc) is 2.44. The van der Waals surface area contributed by atoms with Crippen molar-refractivity contribution in [1.82, 2.24) is 10.2 Å². The summed E-state index contributed by atoms with van der Waals surface area (Å²) in [5, 5.41) is 7.13. The molecule has 0 radical (unpaired) electrons. The predicted molar refractivity (Wildman–Crippen MR) is 40.7 cm³/mol. The summed E-state index contributed by atoms with van der Waals surface area (Å²) in [6.45, 7) is 3.70. The molecule has 0 saturated carbocycles. The molecule has 10 heavy (non-hydrogen) atoms. The molecule has 0 amide bonds. The van der Waals surface area contributed by atoms with E-state index in [0.29, 0.717) is 0 Å². The number of fused-ring (bicyclic) bond motifs is 1. The standard InChI is InChI=1S/C8H10N2/c1-2-7-6-4-3-5-8(6)10-9-7/h2H,1,3-5H2,(H,9,10). The van der Waals surface area contributed by atoms with Crippen molar-refractivity contribution in [2.24, 2.45) is 0 Å². The second-order valence-corrected chi connectivity index (χ2v) is 2.62. The number of aryl methyl sites for hydroxylation is 1. The van der Waals surface area contributed by atoms with Crippen LogP contribution in [-0.4, -0.2) is 10.2 Å². The summed E-state index contributed by atoms with van der Waals surface area (Å²) in [5.74, 6) is 0. The van der Waals surface area contributed by atoms with Crippen LogP contribution in [-0.2, 0) is 12.8 Å². The van der Waals surface area contributed by atoms with E-state index in [4.69, 9.17) is 0 Å². The van der Waals surface area contributed by atoms with Crippen molar-refractivity contribution in [1.29, 1.82) is 0 Å². The molecule has 2 nitrogen and oxygen atoms in total. The number of nitrogens with zero attached hydrogens (tertiary/aromatic N) is 1. The van der Waals surface area contributed by atoms with Crippen LogP contribution in [0.5, 0.6) is 0 Å². The third kappa shape index (κ3) is 0.618. The van der Waals surface area contributed by atoms with Crippen molar-refractivity contribution in [3.05, 3.63) is 23.5 Å². The Morgan fingerprint density at radius 3 is 3.20 bits per heavy atom. The fraction of sp³-hybridized carbons (Fsp3) is 0.375. The van der Waals surface area contributed by atoms with E-state index in [1.54, 1.807) is 0 Å². The summed E-state index contributed by atoms with van der Waals surface area (Å²) >= 11 is 0. The number of nitrogens with one attached hydrogen (secondary N) is 1. The number of H-pyrrole nitrogens is 1. The lowest BCUT2D eigenvalue weighted by atomic mass is 10.2. The topological polar surface area (TPSA) is 28.7 Å². The van der Waals surface area contributed by atoms with Gasteiger partial charge in [-0.2, -0.15) is 5.10 Å². The van der Waals surface area contributed by atoms with Gasteiger partial charge in [0, 0.05) is 11.3 Å². The highest BCUT2D eigenvalue weighted by molar-refractivity contribution is 5.49. The maximum absolute atomic E-state index is 4.11. The SMILES string of the molecule is C=Cc1n[nH]c2c1CCC2. The van der Waals surface area contributed by atoms with E-state index in [1.807, 2.05) is 6.08 Å². The maximum atomic E-state index is 4.11. The molecule has 1 aromatic rings. The molecule has 0 atom stereocenters. The average molecular weight is 134 g/mol. The van der Waals surface area contributed by atoms with Crippen LogP contribution < -0.4 is 0 Å². The van der Waals surface area contributed by atoms with Crippen molar-refractivity contribution < 1.29 is 0 Å². The second-order valence-electron chi connectivity index (χ2n) is 2.62. The van der Waals surface area contributed by atoms with Gasteiger partial charge >= 0.3 is 0 Å². The largest absolute Gasteiger partial charge is 0.282 e. The molecule has 0 bridgehead atoms. The Labute approximate surface area is 60.0 Å². The predicted octanol–water partition coefficient (Wildman–Crippen LogP) is 1.54. The van der Waals surface area contributed by atoms with Gasteiger partial charge in [-0.3, -0.25) is 5.10 Å². The lowest BCUT2D eigenvalue weighted by molar-refractivity contribution is 0.862. The fourth-order valence-corrected chi connectivity index (χ4v) is 1.51. The number of hydrogen-bond acceptors (Lipinski definition) is 1. The minimum absolute atomic E-state index is 1.05. The van der Waals surface area contributed by atoms with Crippen LogP contribution in [0.1, 0.15) is 23.4 Å². The summed E-state index contributed by atoms with van der Waals surface area (Å²) in [5.41, 5.74) is 3.75. The van der Waals surface area contributed by atoms with Gasteiger partial charge in [-0.1, -0.05) is 6.58 Å². The van der Waals surface area contributed by atoms with Gasteiger partial charge in [0.25, 0.3) is 0 Å². The van der Waals surface area contributed by atoms with Crippen LogP contribution in [0.3, 0.4) is 0 Å². The second kappa shape index (κ2) is 1.97. The Hall–Kier alpha value is -1.05. The fourth-order valence-electron chi connectivity index (χ4n) is 1.51. The molecule has 1 aromatic heterocycles. The molecular weight excluding hydrogens is 124 g/mol. The molecule has 0 spiro atoms. The minimum Gasteiger partial charge on any atom is -0.282 e. The normalized spacial score (nSPS) is 15.2. The van der Waals surface area contributed by atoms with Crippen LogP contribution in [0.25, 0.3) is 6.08 Å². The molecule has 1 N–H and O–H groups in total. The first-order valence-corrected chi connectivity index (χ1v) is 3.60. The van der Waals surface area contributed by atoms with E-state index in [1.165, 1.54) is 24.1 Å². The first-order chi connectivity index (χ1) is 4.92. The quantitative estimate of drug-likeness (QED) is 0.620. The van der Waals surface area contributed by atoms with Gasteiger partial charge in [0.2, 0.25) is 0 Å². The van der Waals surface area contributed by atoms with Crippen molar-refractivity contribution in [2.45, 2.75) is 19.3 Å². The molecule has 1 heterocycles. The van der Waals surface area contributed by atoms with Crippen LogP contribution in [0.15, 0.2) is 6.58 Å². The van der Waals surface area contributed by atoms with Gasteiger partial charge in [0.05, 0.1) is 5.69 Å². The van der Waals surface area contributed by atoms with Gasteiger partial charge < -0.3 is 0 Å². The number of aromatic nitrogens is 2. The van der Waals surface area contributed by atoms with Crippen molar-refractivity contribution >= 4 is 6.08 Å². The molecule has 0 unspecified atom stereocenters. The first kappa shape index (κ1) is 5.71. The summed E-state index contributed by atoms with van der Waals surface area (Å²) in [6, 6.07) is 0. The van der Waals surface area contributed by atoms with E-state index in [0.717, 1.165) is 12.1 Å². The van der Waals surface area contributed by atoms with E-state index >= 15 is 0 Å². The summed E-state index contributed by atoms with van der Waals surface area (Å²) in [6.07, 6.45) is 5.43. The van der Waals surface area contributed by atoms with Crippen LogP contribution in [0.2, 0.25) is 0 Å². The molecule has 1 aliphatic carbocycles. The van der Waals surface area contributed by atoms with E-state index in [-0.39, 0.29) is 0 Å². The van der Waals surface area contributed by atoms with Gasteiger partial charge in [-0.25, -0.2) is 0 Å². The summed E-state index contributed by atoms with van der Waals surface area (Å²) < 4.78 is 0. The number of hydrogen-bond donors (Lipinski definition) is 1. The highest BCUT2D eigenvalue weighted by Crippen LogP contribution is 2.22. The highest BCUT2D eigenvalue weighted by atomic mass is 15.1. The Bertz CT molecular complexity index is 260. The zero-order valence-corrected chi connectivity index (χ0v) is 5.85. The Morgan fingerprint density at radius 2 is 2.40 bits per heavy atom. The van der Waals surface area contributed by atoms with Gasteiger partial charge in [-0.05, 0) is 25.3 Å².